The first-order valence-corrected chi connectivity index (χ1v) is 7.87. The van der Waals surface area contributed by atoms with Gasteiger partial charge in [0.25, 0.3) is 0 Å². The van der Waals surface area contributed by atoms with Crippen molar-refractivity contribution in [2.75, 3.05) is 13.1 Å². The van der Waals surface area contributed by atoms with E-state index >= 15 is 0 Å². The van der Waals surface area contributed by atoms with Crippen molar-refractivity contribution in [2.24, 2.45) is 5.92 Å². The number of hydrogen-bond acceptors (Lipinski definition) is 4. The lowest BCUT2D eigenvalue weighted by Gasteiger charge is -2.32. The highest BCUT2D eigenvalue weighted by molar-refractivity contribution is 5.76. The van der Waals surface area contributed by atoms with E-state index in [0.29, 0.717) is 24.2 Å². The largest absolute Gasteiger partial charge is 0.472 e. The van der Waals surface area contributed by atoms with Gasteiger partial charge in [-0.15, -0.1) is 0 Å². The summed E-state index contributed by atoms with van der Waals surface area (Å²) in [6.07, 6.45) is 5.20. The van der Waals surface area contributed by atoms with E-state index in [9.17, 15) is 4.79 Å². The maximum absolute atomic E-state index is 12.2. The van der Waals surface area contributed by atoms with Crippen molar-refractivity contribution < 1.29 is 9.53 Å². The van der Waals surface area contributed by atoms with E-state index in [1.54, 1.807) is 0 Å². The molecule has 0 aromatic carbocycles. The molecule has 1 aliphatic heterocycles. The van der Waals surface area contributed by atoms with Crippen LogP contribution in [0.25, 0.3) is 0 Å². The molecule has 1 aliphatic carbocycles. The molecular weight excluding hydrogens is 266 g/mol. The number of hydrogen-bond donors (Lipinski definition) is 0. The zero-order valence-corrected chi connectivity index (χ0v) is 12.8. The van der Waals surface area contributed by atoms with E-state index in [-0.39, 0.29) is 6.10 Å². The van der Waals surface area contributed by atoms with Gasteiger partial charge in [0, 0.05) is 24.7 Å². The van der Waals surface area contributed by atoms with E-state index in [0.717, 1.165) is 37.3 Å². The predicted molar refractivity (Wildman–Crippen MR) is 79.1 cm³/mol. The lowest BCUT2D eigenvalue weighted by Crippen LogP contribution is -2.44. The standard InChI is InChI=1S/C16H23N3O2/c1-11-8-15(18-12(2)17-11)21-14-4-3-7-19(10-14)16(20)9-13-5-6-13/h8,13-14H,3-7,9-10H2,1-2H3/t14-/m1/s1. The van der Waals surface area contributed by atoms with Crippen LogP contribution in [0.15, 0.2) is 6.07 Å². The van der Waals surface area contributed by atoms with Gasteiger partial charge in [0.15, 0.2) is 0 Å². The molecule has 2 heterocycles. The highest BCUT2D eigenvalue weighted by Crippen LogP contribution is 2.33. The van der Waals surface area contributed by atoms with Crippen LogP contribution in [0.2, 0.25) is 0 Å². The third-order valence-electron chi connectivity index (χ3n) is 4.12. The molecule has 5 nitrogen and oxygen atoms in total. The molecule has 21 heavy (non-hydrogen) atoms. The highest BCUT2D eigenvalue weighted by Gasteiger charge is 2.30. The Labute approximate surface area is 125 Å². The van der Waals surface area contributed by atoms with Gasteiger partial charge in [-0.05, 0) is 45.4 Å². The van der Waals surface area contributed by atoms with Crippen LogP contribution in [0, 0.1) is 19.8 Å². The SMILES string of the molecule is Cc1cc(O[C@@H]2CCCN(C(=O)CC3CC3)C2)nc(C)n1. The Morgan fingerprint density at radius 2 is 2.14 bits per heavy atom. The van der Waals surface area contributed by atoms with Crippen LogP contribution < -0.4 is 4.74 Å². The Balaban J connectivity index is 1.58. The molecule has 1 aromatic heterocycles. The minimum absolute atomic E-state index is 0.0515. The van der Waals surface area contributed by atoms with Crippen molar-refractivity contribution in [2.45, 2.75) is 52.1 Å². The number of likely N-dealkylation sites (tertiary alicyclic amines) is 1. The second-order valence-electron chi connectivity index (χ2n) is 6.26. The maximum atomic E-state index is 12.2. The van der Waals surface area contributed by atoms with Gasteiger partial charge >= 0.3 is 0 Å². The van der Waals surface area contributed by atoms with Crippen molar-refractivity contribution >= 4 is 5.91 Å². The average molecular weight is 289 g/mol. The van der Waals surface area contributed by atoms with E-state index < -0.39 is 0 Å². The fourth-order valence-corrected chi connectivity index (χ4v) is 2.87. The molecule has 0 N–H and O–H groups in total. The summed E-state index contributed by atoms with van der Waals surface area (Å²) in [7, 11) is 0. The van der Waals surface area contributed by atoms with Crippen LogP contribution in [-0.2, 0) is 4.79 Å². The third-order valence-corrected chi connectivity index (χ3v) is 4.12. The van der Waals surface area contributed by atoms with Gasteiger partial charge in [-0.1, -0.05) is 0 Å². The molecule has 5 heteroatoms. The maximum Gasteiger partial charge on any atom is 0.222 e. The van der Waals surface area contributed by atoms with E-state index in [1.807, 2.05) is 24.8 Å². The summed E-state index contributed by atoms with van der Waals surface area (Å²) >= 11 is 0. The number of rotatable bonds is 4. The van der Waals surface area contributed by atoms with Gasteiger partial charge < -0.3 is 9.64 Å². The first kappa shape index (κ1) is 14.3. The summed E-state index contributed by atoms with van der Waals surface area (Å²) in [5.74, 6) is 2.29. The van der Waals surface area contributed by atoms with Crippen molar-refractivity contribution in [1.82, 2.24) is 14.9 Å². The summed E-state index contributed by atoms with van der Waals surface area (Å²) in [6, 6.07) is 1.86. The number of aryl methyl sites for hydroxylation is 2. The van der Waals surface area contributed by atoms with Crippen LogP contribution in [0.1, 0.15) is 43.6 Å². The molecule has 2 aliphatic rings. The Morgan fingerprint density at radius 1 is 1.33 bits per heavy atom. The Hall–Kier alpha value is -1.65. The number of amides is 1. The monoisotopic (exact) mass is 289 g/mol. The molecule has 1 amide bonds. The topological polar surface area (TPSA) is 55.3 Å². The van der Waals surface area contributed by atoms with Crippen LogP contribution in [0.3, 0.4) is 0 Å². The van der Waals surface area contributed by atoms with Crippen LogP contribution in [0.5, 0.6) is 5.88 Å². The van der Waals surface area contributed by atoms with Gasteiger partial charge in [0.05, 0.1) is 6.54 Å². The Kier molecular flexibility index (Phi) is 4.08. The van der Waals surface area contributed by atoms with Crippen molar-refractivity contribution in [1.29, 1.82) is 0 Å². The molecule has 0 unspecified atom stereocenters. The summed E-state index contributed by atoms with van der Waals surface area (Å²) in [6.45, 7) is 5.36. The summed E-state index contributed by atoms with van der Waals surface area (Å²) in [5.41, 5.74) is 0.912. The normalized spacial score (nSPS) is 22.2. The highest BCUT2D eigenvalue weighted by atomic mass is 16.5. The molecule has 3 rings (SSSR count). The number of piperidine rings is 1. The molecule has 1 saturated heterocycles. The zero-order valence-electron chi connectivity index (χ0n) is 12.8. The minimum Gasteiger partial charge on any atom is -0.472 e. The van der Waals surface area contributed by atoms with Gasteiger partial charge in [0.2, 0.25) is 11.8 Å². The van der Waals surface area contributed by atoms with Crippen LogP contribution in [-0.4, -0.2) is 40.0 Å². The van der Waals surface area contributed by atoms with Crippen molar-refractivity contribution in [3.63, 3.8) is 0 Å². The minimum atomic E-state index is 0.0515. The molecule has 0 spiro atoms. The molecule has 0 bridgehead atoms. The lowest BCUT2D eigenvalue weighted by atomic mass is 10.1. The quantitative estimate of drug-likeness (QED) is 0.853. The van der Waals surface area contributed by atoms with Gasteiger partial charge in [-0.25, -0.2) is 4.98 Å². The third kappa shape index (κ3) is 3.93. The smallest absolute Gasteiger partial charge is 0.222 e. The van der Waals surface area contributed by atoms with Gasteiger partial charge in [-0.3, -0.25) is 4.79 Å². The summed E-state index contributed by atoms with van der Waals surface area (Å²) in [5, 5.41) is 0. The Morgan fingerprint density at radius 3 is 2.86 bits per heavy atom. The van der Waals surface area contributed by atoms with Crippen molar-refractivity contribution in [3.05, 3.63) is 17.6 Å². The number of nitrogens with zero attached hydrogens (tertiary/aromatic N) is 3. The van der Waals surface area contributed by atoms with E-state index in [2.05, 4.69) is 9.97 Å². The fraction of sp³-hybridized carbons (Fsp3) is 0.688. The fourth-order valence-electron chi connectivity index (χ4n) is 2.87. The van der Waals surface area contributed by atoms with Crippen LogP contribution >= 0.6 is 0 Å². The van der Waals surface area contributed by atoms with Crippen molar-refractivity contribution in [3.8, 4) is 5.88 Å². The zero-order chi connectivity index (χ0) is 14.8. The molecule has 0 radical (unpaired) electrons. The second-order valence-corrected chi connectivity index (χ2v) is 6.26. The lowest BCUT2D eigenvalue weighted by molar-refractivity contribution is -0.134. The number of carbonyl (C=O) groups excluding carboxylic acids is 1. The first-order chi connectivity index (χ1) is 10.1. The van der Waals surface area contributed by atoms with E-state index in [1.165, 1.54) is 12.8 Å². The average Bonchev–Trinajstić information content (AvgIpc) is 3.21. The van der Waals surface area contributed by atoms with Gasteiger partial charge in [-0.2, -0.15) is 4.98 Å². The summed E-state index contributed by atoms with van der Waals surface area (Å²) in [4.78, 5) is 22.7. The number of aromatic nitrogens is 2. The first-order valence-electron chi connectivity index (χ1n) is 7.87. The molecule has 1 atom stereocenters. The predicted octanol–water partition coefficient (Wildman–Crippen LogP) is 2.26. The molecule has 2 fully saturated rings. The molecule has 1 saturated carbocycles. The molecule has 1 aromatic rings. The summed E-state index contributed by atoms with van der Waals surface area (Å²) < 4.78 is 5.97. The number of carbonyl (C=O) groups is 1. The van der Waals surface area contributed by atoms with Crippen LogP contribution in [0.4, 0.5) is 0 Å². The molecular formula is C16H23N3O2. The Bertz CT molecular complexity index is 508. The number of ether oxygens (including phenoxy) is 1. The van der Waals surface area contributed by atoms with Gasteiger partial charge in [0.1, 0.15) is 11.9 Å². The second kappa shape index (κ2) is 6.00. The molecule has 114 valence electrons. The van der Waals surface area contributed by atoms with E-state index in [4.69, 9.17) is 4.74 Å².